The molecule has 1 rings (SSSR count). The third-order valence-corrected chi connectivity index (χ3v) is 2.72. The Balaban J connectivity index is 2.67. The van der Waals surface area contributed by atoms with Crippen LogP contribution in [0.3, 0.4) is 0 Å². The predicted molar refractivity (Wildman–Crippen MR) is 85.4 cm³/mol. The summed E-state index contributed by atoms with van der Waals surface area (Å²) in [7, 11) is 0. The Kier molecular flexibility index (Phi) is 6.56. The van der Waals surface area contributed by atoms with Gasteiger partial charge in [0.25, 0.3) is 5.91 Å². The van der Waals surface area contributed by atoms with E-state index in [1.807, 2.05) is 0 Å². The van der Waals surface area contributed by atoms with Gasteiger partial charge in [-0.15, -0.1) is 0 Å². The lowest BCUT2D eigenvalue weighted by atomic mass is 10.1. The molecule has 0 unspecified atom stereocenters. The number of hydrogen-bond acceptors (Lipinski definition) is 3. The van der Waals surface area contributed by atoms with Gasteiger partial charge in [-0.25, -0.2) is 4.79 Å². The molecule has 116 valence electrons. The number of amides is 2. The minimum Gasteiger partial charge on any atom is -0.448 e. The van der Waals surface area contributed by atoms with Gasteiger partial charge in [0.15, 0.2) is 0 Å². The summed E-state index contributed by atoms with van der Waals surface area (Å²) >= 11 is 0. The monoisotopic (exact) mass is 301 g/mol. The second-order valence-corrected chi connectivity index (χ2v) is 4.30. The van der Waals surface area contributed by atoms with Gasteiger partial charge in [-0.05, 0) is 12.5 Å². The molecule has 3 N–H and O–H groups in total. The number of hydrogen-bond donors (Lipinski definition) is 2. The van der Waals surface area contributed by atoms with Crippen LogP contribution < -0.4 is 11.1 Å². The topological polar surface area (TPSA) is 93.8 Å². The van der Waals surface area contributed by atoms with Gasteiger partial charge in [0.05, 0.1) is 6.61 Å². The van der Waals surface area contributed by atoms with E-state index in [-0.39, 0.29) is 18.3 Å². The number of amidine groups is 1. The molecule has 6 heteroatoms. The summed E-state index contributed by atoms with van der Waals surface area (Å²) in [6.45, 7) is 9.32. The molecule has 2 amide bonds. The molecule has 0 bridgehead atoms. The molecule has 6 nitrogen and oxygen atoms in total. The summed E-state index contributed by atoms with van der Waals surface area (Å²) in [4.78, 5) is 26.4. The lowest BCUT2D eigenvalue weighted by Crippen LogP contribution is -2.23. The maximum atomic E-state index is 11.5. The minimum atomic E-state index is -0.723. The zero-order valence-electron chi connectivity index (χ0n) is 12.5. The van der Waals surface area contributed by atoms with E-state index in [1.165, 1.54) is 6.08 Å². The molecule has 0 atom stereocenters. The van der Waals surface area contributed by atoms with Crippen LogP contribution >= 0.6 is 0 Å². The molecule has 0 aliphatic carbocycles. The highest BCUT2D eigenvalue weighted by atomic mass is 16.5. The van der Waals surface area contributed by atoms with Crippen molar-refractivity contribution in [1.29, 1.82) is 0 Å². The number of rotatable bonds is 6. The molecule has 0 saturated heterocycles. The van der Waals surface area contributed by atoms with Gasteiger partial charge in [-0.3, -0.25) is 4.79 Å². The number of aliphatic imine (C=N–C) groups is 1. The summed E-state index contributed by atoms with van der Waals surface area (Å²) in [6.07, 6.45) is 0.671. The summed E-state index contributed by atoms with van der Waals surface area (Å²) in [5, 5.41) is 2.70. The number of carbonyl (C=O) groups excluding carboxylic acids is 2. The number of nitrogens with two attached hydrogens (primary N) is 1. The summed E-state index contributed by atoms with van der Waals surface area (Å²) < 4.78 is 4.69. The van der Waals surface area contributed by atoms with E-state index in [0.29, 0.717) is 17.7 Å². The van der Waals surface area contributed by atoms with Crippen molar-refractivity contribution in [3.8, 4) is 0 Å². The Hall–Kier alpha value is -2.89. The van der Waals surface area contributed by atoms with Crippen LogP contribution in [-0.2, 0) is 16.1 Å². The maximum Gasteiger partial charge on any atom is 0.435 e. The van der Waals surface area contributed by atoms with E-state index in [1.54, 1.807) is 31.2 Å². The number of benzene rings is 1. The molecule has 1 aromatic carbocycles. The lowest BCUT2D eigenvalue weighted by molar-refractivity contribution is -0.117. The van der Waals surface area contributed by atoms with Crippen LogP contribution in [0.5, 0.6) is 0 Å². The molecular formula is C16H19N3O3. The van der Waals surface area contributed by atoms with Gasteiger partial charge in [0.2, 0.25) is 0 Å². The van der Waals surface area contributed by atoms with Crippen LogP contribution in [-0.4, -0.2) is 24.4 Å². The molecule has 0 fully saturated rings. The van der Waals surface area contributed by atoms with Gasteiger partial charge in [-0.1, -0.05) is 43.5 Å². The molecule has 0 heterocycles. The van der Waals surface area contributed by atoms with Crippen molar-refractivity contribution < 1.29 is 14.3 Å². The van der Waals surface area contributed by atoms with Crippen molar-refractivity contribution in [3.05, 3.63) is 60.2 Å². The van der Waals surface area contributed by atoms with Gasteiger partial charge in [0.1, 0.15) is 5.84 Å². The van der Waals surface area contributed by atoms with E-state index < -0.39 is 6.09 Å². The number of ether oxygens (including phenoxy) is 1. The maximum absolute atomic E-state index is 11.5. The molecule has 0 aliphatic rings. The third-order valence-electron chi connectivity index (χ3n) is 2.72. The minimum absolute atomic E-state index is 0.0778. The van der Waals surface area contributed by atoms with Crippen LogP contribution in [0.2, 0.25) is 0 Å². The smallest absolute Gasteiger partial charge is 0.435 e. The van der Waals surface area contributed by atoms with Gasteiger partial charge < -0.3 is 15.8 Å². The summed E-state index contributed by atoms with van der Waals surface area (Å²) in [5.74, 6) is -0.198. The van der Waals surface area contributed by atoms with E-state index in [2.05, 4.69) is 28.2 Å². The SMILES string of the molecule is C=CC(=C)C(=O)NCc1ccc(C(N)=NC(=O)OCC)cc1. The number of carbonyl (C=O) groups is 2. The fraction of sp³-hybridized carbons (Fsp3) is 0.188. The molecular weight excluding hydrogens is 282 g/mol. The van der Waals surface area contributed by atoms with Gasteiger partial charge >= 0.3 is 6.09 Å². The Labute approximate surface area is 129 Å². The van der Waals surface area contributed by atoms with Crippen LogP contribution in [0.4, 0.5) is 4.79 Å². The zero-order chi connectivity index (χ0) is 16.5. The van der Waals surface area contributed by atoms with E-state index in [0.717, 1.165) is 5.56 Å². The van der Waals surface area contributed by atoms with E-state index in [9.17, 15) is 9.59 Å². The highest BCUT2D eigenvalue weighted by Gasteiger charge is 2.05. The zero-order valence-corrected chi connectivity index (χ0v) is 12.5. The lowest BCUT2D eigenvalue weighted by Gasteiger charge is -2.06. The van der Waals surface area contributed by atoms with Crippen molar-refractivity contribution in [3.63, 3.8) is 0 Å². The highest BCUT2D eigenvalue weighted by molar-refractivity contribution is 6.02. The molecule has 0 radical (unpaired) electrons. The van der Waals surface area contributed by atoms with Crippen LogP contribution in [0.15, 0.2) is 54.1 Å². The van der Waals surface area contributed by atoms with Crippen molar-refractivity contribution in [2.24, 2.45) is 10.7 Å². The van der Waals surface area contributed by atoms with E-state index in [4.69, 9.17) is 5.73 Å². The number of nitrogens with one attached hydrogen (secondary N) is 1. The third kappa shape index (κ3) is 5.24. The quantitative estimate of drug-likeness (QED) is 0.363. The number of nitrogens with zero attached hydrogens (tertiary/aromatic N) is 1. The largest absolute Gasteiger partial charge is 0.448 e. The first-order chi connectivity index (χ1) is 10.5. The van der Waals surface area contributed by atoms with Crippen molar-refractivity contribution in [1.82, 2.24) is 5.32 Å². The normalized spacial score (nSPS) is 10.7. The first-order valence-electron chi connectivity index (χ1n) is 6.67. The average molecular weight is 301 g/mol. The molecule has 0 aromatic heterocycles. The second-order valence-electron chi connectivity index (χ2n) is 4.30. The van der Waals surface area contributed by atoms with Crippen molar-refractivity contribution in [2.45, 2.75) is 13.5 Å². The molecule has 0 saturated carbocycles. The van der Waals surface area contributed by atoms with Crippen LogP contribution in [0, 0.1) is 0 Å². The van der Waals surface area contributed by atoms with Crippen LogP contribution in [0.25, 0.3) is 0 Å². The summed E-state index contributed by atoms with van der Waals surface area (Å²) in [5.41, 5.74) is 7.49. The predicted octanol–water partition coefficient (Wildman–Crippen LogP) is 1.91. The Morgan fingerprint density at radius 1 is 1.36 bits per heavy atom. The Morgan fingerprint density at radius 2 is 2.00 bits per heavy atom. The molecule has 22 heavy (non-hydrogen) atoms. The van der Waals surface area contributed by atoms with Crippen molar-refractivity contribution >= 4 is 17.8 Å². The Morgan fingerprint density at radius 3 is 2.55 bits per heavy atom. The van der Waals surface area contributed by atoms with Crippen LogP contribution in [0.1, 0.15) is 18.1 Å². The highest BCUT2D eigenvalue weighted by Crippen LogP contribution is 2.05. The fourth-order valence-corrected chi connectivity index (χ4v) is 1.50. The fourth-order valence-electron chi connectivity index (χ4n) is 1.50. The second kappa shape index (κ2) is 8.41. The summed E-state index contributed by atoms with van der Waals surface area (Å²) in [6, 6.07) is 6.98. The molecule has 1 aromatic rings. The molecule has 0 spiro atoms. The van der Waals surface area contributed by atoms with Crippen molar-refractivity contribution in [2.75, 3.05) is 6.61 Å². The standard InChI is InChI=1S/C16H19N3O3/c1-4-11(3)15(20)18-10-12-6-8-13(9-7-12)14(17)19-16(21)22-5-2/h4,6-9H,1,3,5,10H2,2H3,(H,18,20)(H2,17,19,21). The van der Waals surface area contributed by atoms with Gasteiger partial charge in [0, 0.05) is 17.7 Å². The Bertz CT molecular complexity index is 604. The van der Waals surface area contributed by atoms with E-state index >= 15 is 0 Å². The molecule has 0 aliphatic heterocycles. The first kappa shape index (κ1) is 17.2. The first-order valence-corrected chi connectivity index (χ1v) is 6.67. The van der Waals surface area contributed by atoms with Gasteiger partial charge in [-0.2, -0.15) is 4.99 Å². The average Bonchev–Trinajstić information content (AvgIpc) is 2.52.